The van der Waals surface area contributed by atoms with E-state index in [2.05, 4.69) is 14.5 Å². The molecule has 0 amide bonds. The Bertz CT molecular complexity index is 1090. The van der Waals surface area contributed by atoms with Crippen molar-refractivity contribution in [1.82, 2.24) is 4.90 Å². The molecule has 2 heterocycles. The fourth-order valence-corrected chi connectivity index (χ4v) is 5.72. The standard InChI is InChI=1S/C23H28FN3O4S/c24-19-6-3-7-20(14-19)32(30,31)25-21-13-18(23(28)29)8-9-22(21)27-12-4-5-17(16-27)15-26-10-1-2-11-26/h3,6-9,13-14,17,25H,1-2,4-5,10-12,15-16H2,(H,28,29)/t17-/m0/s1. The summed E-state index contributed by atoms with van der Waals surface area (Å²) in [5, 5.41) is 9.42. The van der Waals surface area contributed by atoms with Crippen molar-refractivity contribution in [2.75, 3.05) is 42.3 Å². The zero-order chi connectivity index (χ0) is 22.7. The average Bonchev–Trinajstić information content (AvgIpc) is 3.26. The van der Waals surface area contributed by atoms with E-state index in [0.717, 1.165) is 51.6 Å². The first kappa shape index (κ1) is 22.5. The van der Waals surface area contributed by atoms with Crippen LogP contribution < -0.4 is 9.62 Å². The third-order valence-electron chi connectivity index (χ3n) is 6.17. The number of nitrogens with one attached hydrogen (secondary N) is 1. The molecule has 0 aliphatic carbocycles. The molecule has 9 heteroatoms. The molecule has 2 aromatic carbocycles. The van der Waals surface area contributed by atoms with Crippen LogP contribution in [0.3, 0.4) is 0 Å². The van der Waals surface area contributed by atoms with Crippen LogP contribution in [0, 0.1) is 11.7 Å². The Balaban J connectivity index is 1.61. The van der Waals surface area contributed by atoms with E-state index in [1.54, 1.807) is 6.07 Å². The first-order valence-corrected chi connectivity index (χ1v) is 12.4. The highest BCUT2D eigenvalue weighted by molar-refractivity contribution is 7.92. The van der Waals surface area contributed by atoms with Crippen molar-refractivity contribution in [2.24, 2.45) is 5.92 Å². The number of benzene rings is 2. The summed E-state index contributed by atoms with van der Waals surface area (Å²) in [7, 11) is -4.09. The smallest absolute Gasteiger partial charge is 0.335 e. The lowest BCUT2D eigenvalue weighted by atomic mass is 9.96. The van der Waals surface area contributed by atoms with Gasteiger partial charge in [-0.3, -0.25) is 4.72 Å². The van der Waals surface area contributed by atoms with Crippen LogP contribution in [0.4, 0.5) is 15.8 Å². The fourth-order valence-electron chi connectivity index (χ4n) is 4.63. The number of carbonyl (C=O) groups is 1. The van der Waals surface area contributed by atoms with Crippen molar-refractivity contribution < 1.29 is 22.7 Å². The van der Waals surface area contributed by atoms with Crippen LogP contribution in [0.2, 0.25) is 0 Å². The van der Waals surface area contributed by atoms with Gasteiger partial charge in [-0.05, 0) is 81.1 Å². The minimum Gasteiger partial charge on any atom is -0.478 e. The van der Waals surface area contributed by atoms with Crippen LogP contribution in [-0.2, 0) is 10.0 Å². The third kappa shape index (κ3) is 5.21. The highest BCUT2D eigenvalue weighted by Gasteiger charge is 2.26. The van der Waals surface area contributed by atoms with E-state index in [1.165, 1.54) is 43.2 Å². The minimum atomic E-state index is -4.09. The zero-order valence-corrected chi connectivity index (χ0v) is 18.7. The van der Waals surface area contributed by atoms with E-state index >= 15 is 0 Å². The predicted octanol–water partition coefficient (Wildman–Crippen LogP) is 3.64. The summed E-state index contributed by atoms with van der Waals surface area (Å²) >= 11 is 0. The molecule has 0 radical (unpaired) electrons. The molecule has 0 saturated carbocycles. The molecule has 1 atom stereocenters. The first-order chi connectivity index (χ1) is 15.3. The number of carboxylic acid groups (broad SMARTS) is 1. The van der Waals surface area contributed by atoms with Crippen LogP contribution in [0.15, 0.2) is 47.4 Å². The molecule has 2 N–H and O–H groups in total. The lowest BCUT2D eigenvalue weighted by Crippen LogP contribution is -2.40. The molecule has 2 aliphatic rings. The highest BCUT2D eigenvalue weighted by atomic mass is 32.2. The van der Waals surface area contributed by atoms with Gasteiger partial charge in [-0.25, -0.2) is 17.6 Å². The summed E-state index contributed by atoms with van der Waals surface area (Å²) in [5.74, 6) is -1.34. The number of anilines is 2. The van der Waals surface area contributed by atoms with Crippen molar-refractivity contribution in [1.29, 1.82) is 0 Å². The fraction of sp³-hybridized carbons (Fsp3) is 0.435. The molecule has 0 spiro atoms. The molecular weight excluding hydrogens is 433 g/mol. The van der Waals surface area contributed by atoms with Gasteiger partial charge in [0.15, 0.2) is 0 Å². The molecule has 2 aromatic rings. The largest absolute Gasteiger partial charge is 0.478 e. The lowest BCUT2D eigenvalue weighted by molar-refractivity contribution is 0.0697. The number of halogens is 1. The topological polar surface area (TPSA) is 89.9 Å². The summed E-state index contributed by atoms with van der Waals surface area (Å²) in [5.41, 5.74) is 0.813. The number of carboxylic acids is 1. The second-order valence-electron chi connectivity index (χ2n) is 8.56. The van der Waals surface area contributed by atoms with Gasteiger partial charge in [-0.2, -0.15) is 0 Å². The van der Waals surface area contributed by atoms with E-state index in [-0.39, 0.29) is 16.1 Å². The van der Waals surface area contributed by atoms with Gasteiger partial charge < -0.3 is 14.9 Å². The highest BCUT2D eigenvalue weighted by Crippen LogP contribution is 2.33. The minimum absolute atomic E-state index is 0.0173. The van der Waals surface area contributed by atoms with Gasteiger partial charge in [0.2, 0.25) is 0 Å². The number of likely N-dealkylation sites (tertiary alicyclic amines) is 1. The Morgan fingerprint density at radius 3 is 2.59 bits per heavy atom. The Kier molecular flexibility index (Phi) is 6.66. The van der Waals surface area contributed by atoms with Crippen LogP contribution in [-0.4, -0.2) is 57.1 Å². The normalized spacial score (nSPS) is 19.8. The van der Waals surface area contributed by atoms with Crippen LogP contribution in [0.1, 0.15) is 36.0 Å². The predicted molar refractivity (Wildman–Crippen MR) is 121 cm³/mol. The number of piperidine rings is 1. The van der Waals surface area contributed by atoms with E-state index in [0.29, 0.717) is 11.6 Å². The molecular formula is C23H28FN3O4S. The zero-order valence-electron chi connectivity index (χ0n) is 17.8. The third-order valence-corrected chi connectivity index (χ3v) is 7.53. The van der Waals surface area contributed by atoms with E-state index in [9.17, 15) is 22.7 Å². The second kappa shape index (κ2) is 9.46. The molecule has 172 valence electrons. The molecule has 2 aliphatic heterocycles. The van der Waals surface area contributed by atoms with Crippen molar-refractivity contribution in [3.05, 3.63) is 53.8 Å². The molecule has 4 rings (SSSR count). The van der Waals surface area contributed by atoms with Gasteiger partial charge in [0.25, 0.3) is 10.0 Å². The number of rotatable bonds is 7. The van der Waals surface area contributed by atoms with Gasteiger partial charge in [-0.1, -0.05) is 6.07 Å². The van der Waals surface area contributed by atoms with Crippen molar-refractivity contribution in [3.63, 3.8) is 0 Å². The maximum Gasteiger partial charge on any atom is 0.335 e. The Morgan fingerprint density at radius 1 is 1.09 bits per heavy atom. The van der Waals surface area contributed by atoms with Crippen molar-refractivity contribution in [2.45, 2.75) is 30.6 Å². The van der Waals surface area contributed by atoms with Gasteiger partial charge in [0.1, 0.15) is 5.82 Å². The van der Waals surface area contributed by atoms with E-state index < -0.39 is 21.8 Å². The number of aromatic carboxylic acids is 1. The van der Waals surface area contributed by atoms with Crippen molar-refractivity contribution >= 4 is 27.4 Å². The number of hydrogen-bond donors (Lipinski definition) is 2. The van der Waals surface area contributed by atoms with Gasteiger partial charge in [0.05, 0.1) is 21.8 Å². The van der Waals surface area contributed by atoms with Crippen molar-refractivity contribution in [3.8, 4) is 0 Å². The van der Waals surface area contributed by atoms with Crippen LogP contribution in [0.5, 0.6) is 0 Å². The maximum absolute atomic E-state index is 13.6. The molecule has 7 nitrogen and oxygen atoms in total. The Labute approximate surface area is 187 Å². The van der Waals surface area contributed by atoms with Crippen LogP contribution >= 0.6 is 0 Å². The van der Waals surface area contributed by atoms with Crippen LogP contribution in [0.25, 0.3) is 0 Å². The molecule has 2 saturated heterocycles. The SMILES string of the molecule is O=C(O)c1ccc(N2CCC[C@@H](CN3CCCC3)C2)c(NS(=O)(=O)c2cccc(F)c2)c1. The summed E-state index contributed by atoms with van der Waals surface area (Å²) in [6, 6.07) is 9.22. The Morgan fingerprint density at radius 2 is 1.88 bits per heavy atom. The maximum atomic E-state index is 13.6. The number of nitrogens with zero attached hydrogens (tertiary/aromatic N) is 2. The van der Waals surface area contributed by atoms with E-state index in [4.69, 9.17) is 0 Å². The first-order valence-electron chi connectivity index (χ1n) is 10.9. The summed E-state index contributed by atoms with van der Waals surface area (Å²) < 4.78 is 41.9. The summed E-state index contributed by atoms with van der Waals surface area (Å²) in [6.07, 6.45) is 4.57. The molecule has 32 heavy (non-hydrogen) atoms. The monoisotopic (exact) mass is 461 g/mol. The number of sulfonamides is 1. The second-order valence-corrected chi connectivity index (χ2v) is 10.2. The Hall–Kier alpha value is -2.65. The molecule has 2 fully saturated rings. The molecule has 0 unspecified atom stereocenters. The lowest BCUT2D eigenvalue weighted by Gasteiger charge is -2.37. The number of hydrogen-bond acceptors (Lipinski definition) is 5. The van der Waals surface area contributed by atoms with Gasteiger partial charge in [0, 0.05) is 19.6 Å². The summed E-state index contributed by atoms with van der Waals surface area (Å²) in [6.45, 7) is 4.81. The molecule has 0 aromatic heterocycles. The van der Waals surface area contributed by atoms with Gasteiger partial charge >= 0.3 is 5.97 Å². The van der Waals surface area contributed by atoms with Gasteiger partial charge in [-0.15, -0.1) is 0 Å². The summed E-state index contributed by atoms with van der Waals surface area (Å²) in [4.78, 5) is 15.9. The molecule has 0 bridgehead atoms. The quantitative estimate of drug-likeness (QED) is 0.654. The van der Waals surface area contributed by atoms with E-state index in [1.807, 2.05) is 0 Å². The average molecular weight is 462 g/mol.